The van der Waals surface area contributed by atoms with Gasteiger partial charge >= 0.3 is 0 Å². The van der Waals surface area contributed by atoms with Crippen molar-refractivity contribution in [3.63, 3.8) is 0 Å². The Morgan fingerprint density at radius 1 is 1.06 bits per heavy atom. The van der Waals surface area contributed by atoms with Gasteiger partial charge in [-0.1, -0.05) is 18.2 Å². The summed E-state index contributed by atoms with van der Waals surface area (Å²) in [5, 5.41) is 21.5. The molecule has 1 aromatic heterocycles. The number of fused-ring (bicyclic) bond motifs is 1. The lowest BCUT2D eigenvalue weighted by Gasteiger charge is -2.34. The van der Waals surface area contributed by atoms with Crippen molar-refractivity contribution < 1.29 is 0 Å². The second kappa shape index (κ2) is 9.44. The SMILES string of the molecule is Cc1cc(C)c(-c2nc3c([nH]2)CCNCC3)cc1C(=N)N1CCC(c2ccc(C#N)cc2)CC1. The van der Waals surface area contributed by atoms with Crippen molar-refractivity contribution in [2.24, 2.45) is 0 Å². The Kier molecular flexibility index (Phi) is 6.21. The molecule has 6 heteroatoms. The molecule has 3 N–H and O–H groups in total. The van der Waals surface area contributed by atoms with E-state index in [-0.39, 0.29) is 0 Å². The third kappa shape index (κ3) is 4.36. The minimum absolute atomic E-state index is 0.486. The topological polar surface area (TPSA) is 91.6 Å². The number of aromatic amines is 1. The number of nitrogens with zero attached hydrogens (tertiary/aromatic N) is 3. The summed E-state index contributed by atoms with van der Waals surface area (Å²) in [5.74, 6) is 2.02. The van der Waals surface area contributed by atoms with Gasteiger partial charge in [0.2, 0.25) is 0 Å². The summed E-state index contributed by atoms with van der Waals surface area (Å²) >= 11 is 0. The zero-order valence-electron chi connectivity index (χ0n) is 20.0. The Morgan fingerprint density at radius 3 is 2.53 bits per heavy atom. The molecular formula is C28H32N6. The Hall–Kier alpha value is -3.43. The van der Waals surface area contributed by atoms with E-state index in [1.54, 1.807) is 0 Å². The highest BCUT2D eigenvalue weighted by Crippen LogP contribution is 2.31. The minimum Gasteiger partial charge on any atom is -0.357 e. The number of amidine groups is 1. The van der Waals surface area contributed by atoms with E-state index >= 15 is 0 Å². The molecule has 5 rings (SSSR count). The number of piperidine rings is 1. The standard InChI is InChI=1S/C28H32N6/c1-18-15-19(2)24(28-32-25-7-11-31-12-8-26(25)33-28)16-23(18)27(30)34-13-9-22(10-14-34)21-5-3-20(17-29)4-6-21/h3-6,15-16,22,30-31H,7-14H2,1-2H3,(H,32,33). The van der Waals surface area contributed by atoms with Gasteiger partial charge in [-0.3, -0.25) is 5.41 Å². The van der Waals surface area contributed by atoms with Crippen LogP contribution < -0.4 is 5.32 Å². The molecule has 3 aromatic rings. The largest absolute Gasteiger partial charge is 0.357 e. The van der Waals surface area contributed by atoms with Gasteiger partial charge in [0.05, 0.1) is 17.3 Å². The van der Waals surface area contributed by atoms with Crippen LogP contribution in [0.25, 0.3) is 11.4 Å². The maximum atomic E-state index is 9.04. The number of nitrogens with one attached hydrogen (secondary N) is 3. The van der Waals surface area contributed by atoms with Crippen molar-refractivity contribution in [3.05, 3.63) is 75.6 Å². The van der Waals surface area contributed by atoms with E-state index < -0.39 is 0 Å². The van der Waals surface area contributed by atoms with Crippen molar-refractivity contribution in [2.75, 3.05) is 26.2 Å². The van der Waals surface area contributed by atoms with Crippen LogP contribution in [0.5, 0.6) is 0 Å². The predicted octanol–water partition coefficient (Wildman–Crippen LogP) is 4.46. The van der Waals surface area contributed by atoms with Gasteiger partial charge in [-0.25, -0.2) is 4.98 Å². The lowest BCUT2D eigenvalue weighted by Crippen LogP contribution is -2.38. The van der Waals surface area contributed by atoms with Crippen molar-refractivity contribution in [2.45, 2.75) is 45.4 Å². The van der Waals surface area contributed by atoms with Gasteiger partial charge in [0.1, 0.15) is 11.7 Å². The van der Waals surface area contributed by atoms with Crippen LogP contribution in [-0.2, 0) is 12.8 Å². The molecule has 2 aromatic carbocycles. The van der Waals surface area contributed by atoms with Crippen LogP contribution >= 0.6 is 0 Å². The summed E-state index contributed by atoms with van der Waals surface area (Å²) in [6, 6.07) is 14.5. The fourth-order valence-corrected chi connectivity index (χ4v) is 5.33. The molecule has 1 fully saturated rings. The van der Waals surface area contributed by atoms with Crippen LogP contribution in [0.2, 0.25) is 0 Å². The monoisotopic (exact) mass is 452 g/mol. The first-order valence-corrected chi connectivity index (χ1v) is 12.3. The quantitative estimate of drug-likeness (QED) is 0.404. The Balaban J connectivity index is 1.34. The molecule has 2 aliphatic heterocycles. The number of imidazole rings is 1. The van der Waals surface area contributed by atoms with Gasteiger partial charge in [0, 0.05) is 55.8 Å². The minimum atomic E-state index is 0.486. The summed E-state index contributed by atoms with van der Waals surface area (Å²) in [4.78, 5) is 10.7. The number of hydrogen-bond donors (Lipinski definition) is 3. The van der Waals surface area contributed by atoms with Gasteiger partial charge in [-0.05, 0) is 67.5 Å². The summed E-state index contributed by atoms with van der Waals surface area (Å²) < 4.78 is 0. The molecule has 3 heterocycles. The predicted molar refractivity (Wildman–Crippen MR) is 135 cm³/mol. The number of likely N-dealkylation sites (tertiary alicyclic amines) is 1. The third-order valence-corrected chi connectivity index (χ3v) is 7.36. The summed E-state index contributed by atoms with van der Waals surface area (Å²) in [6.07, 6.45) is 3.97. The first-order chi connectivity index (χ1) is 16.5. The van der Waals surface area contributed by atoms with E-state index in [2.05, 4.69) is 59.4 Å². The lowest BCUT2D eigenvalue weighted by molar-refractivity contribution is 0.312. The molecule has 1 saturated heterocycles. The van der Waals surface area contributed by atoms with Crippen LogP contribution in [-0.4, -0.2) is 46.9 Å². The van der Waals surface area contributed by atoms with Crippen LogP contribution in [0.15, 0.2) is 36.4 Å². The molecule has 0 saturated carbocycles. The molecule has 0 bridgehead atoms. The smallest absolute Gasteiger partial charge is 0.138 e. The van der Waals surface area contributed by atoms with E-state index in [0.29, 0.717) is 17.3 Å². The highest BCUT2D eigenvalue weighted by atomic mass is 15.2. The summed E-state index contributed by atoms with van der Waals surface area (Å²) in [6.45, 7) is 7.93. The van der Waals surface area contributed by atoms with Crippen LogP contribution in [0.1, 0.15) is 58.0 Å². The van der Waals surface area contributed by atoms with Crippen LogP contribution in [0, 0.1) is 30.6 Å². The summed E-state index contributed by atoms with van der Waals surface area (Å²) in [7, 11) is 0. The van der Waals surface area contributed by atoms with Crippen LogP contribution in [0.3, 0.4) is 0 Å². The zero-order valence-corrected chi connectivity index (χ0v) is 20.0. The van der Waals surface area contributed by atoms with E-state index in [9.17, 15) is 0 Å². The van der Waals surface area contributed by atoms with E-state index in [4.69, 9.17) is 15.7 Å². The van der Waals surface area contributed by atoms with Crippen molar-refractivity contribution in [1.29, 1.82) is 10.7 Å². The molecule has 6 nitrogen and oxygen atoms in total. The molecular weight excluding hydrogens is 420 g/mol. The number of rotatable bonds is 3. The average molecular weight is 453 g/mol. The highest BCUT2D eigenvalue weighted by Gasteiger charge is 2.24. The maximum Gasteiger partial charge on any atom is 0.138 e. The number of aromatic nitrogens is 2. The average Bonchev–Trinajstić information content (AvgIpc) is 3.13. The van der Waals surface area contributed by atoms with Crippen molar-refractivity contribution in [1.82, 2.24) is 20.2 Å². The number of nitriles is 1. The highest BCUT2D eigenvalue weighted by molar-refractivity contribution is 5.99. The molecule has 0 unspecified atom stereocenters. The summed E-state index contributed by atoms with van der Waals surface area (Å²) in [5.41, 5.74) is 8.82. The van der Waals surface area contributed by atoms with Crippen LogP contribution in [0.4, 0.5) is 0 Å². The fraction of sp³-hybridized carbons (Fsp3) is 0.393. The van der Waals surface area contributed by atoms with Crippen molar-refractivity contribution >= 4 is 5.84 Å². The molecule has 0 radical (unpaired) electrons. The molecule has 0 amide bonds. The Labute approximate surface area is 201 Å². The first kappa shape index (κ1) is 22.4. The van der Waals surface area contributed by atoms with E-state index in [1.165, 1.54) is 22.5 Å². The third-order valence-electron chi connectivity index (χ3n) is 7.36. The van der Waals surface area contributed by atoms with Crippen molar-refractivity contribution in [3.8, 4) is 17.5 Å². The molecule has 0 aliphatic carbocycles. The number of H-pyrrole nitrogens is 1. The zero-order chi connectivity index (χ0) is 23.7. The normalized spacial score (nSPS) is 16.6. The second-order valence-corrected chi connectivity index (χ2v) is 9.59. The number of benzene rings is 2. The lowest BCUT2D eigenvalue weighted by atomic mass is 9.88. The van der Waals surface area contributed by atoms with Gasteiger partial charge < -0.3 is 15.2 Å². The second-order valence-electron chi connectivity index (χ2n) is 9.59. The first-order valence-electron chi connectivity index (χ1n) is 12.3. The Bertz CT molecular complexity index is 1220. The van der Waals surface area contributed by atoms with Gasteiger partial charge in [0.15, 0.2) is 0 Å². The van der Waals surface area contributed by atoms with Gasteiger partial charge in [-0.15, -0.1) is 0 Å². The Morgan fingerprint density at radius 2 is 1.79 bits per heavy atom. The fourth-order valence-electron chi connectivity index (χ4n) is 5.33. The number of aryl methyl sites for hydroxylation is 2. The molecule has 2 aliphatic rings. The molecule has 0 spiro atoms. The van der Waals surface area contributed by atoms with E-state index in [0.717, 1.165) is 74.4 Å². The molecule has 174 valence electrons. The number of hydrogen-bond acceptors (Lipinski definition) is 4. The van der Waals surface area contributed by atoms with E-state index in [1.807, 2.05) is 12.1 Å². The van der Waals surface area contributed by atoms with Gasteiger partial charge in [-0.2, -0.15) is 5.26 Å². The molecule has 34 heavy (non-hydrogen) atoms. The molecule has 0 atom stereocenters. The maximum absolute atomic E-state index is 9.04. The van der Waals surface area contributed by atoms with Gasteiger partial charge in [0.25, 0.3) is 0 Å².